The van der Waals surface area contributed by atoms with E-state index < -0.39 is 56.3 Å². The summed E-state index contributed by atoms with van der Waals surface area (Å²) in [6, 6.07) is -0.219. The third-order valence-electron chi connectivity index (χ3n) is 8.36. The molecule has 4 amide bonds. The van der Waals surface area contributed by atoms with E-state index in [9.17, 15) is 27.6 Å². The predicted octanol–water partition coefficient (Wildman–Crippen LogP) is 0.902. The molecule has 0 spiro atoms. The van der Waals surface area contributed by atoms with E-state index in [-0.39, 0.29) is 38.3 Å². The summed E-state index contributed by atoms with van der Waals surface area (Å²) in [6.45, 7) is 0.0250. The van der Waals surface area contributed by atoms with Crippen LogP contribution in [0.2, 0.25) is 0 Å². The number of hydrogen-bond acceptors (Lipinski definition) is 7. The number of rotatable bonds is 5. The van der Waals surface area contributed by atoms with Gasteiger partial charge in [0.25, 0.3) is 17.7 Å². The van der Waals surface area contributed by atoms with Gasteiger partial charge in [-0.25, -0.2) is 17.9 Å². The summed E-state index contributed by atoms with van der Waals surface area (Å²) in [5, 5.41) is 2.67. The van der Waals surface area contributed by atoms with Gasteiger partial charge in [-0.15, -0.1) is 0 Å². The Labute approximate surface area is 223 Å². The molecule has 3 fully saturated rings. The van der Waals surface area contributed by atoms with Gasteiger partial charge in [0.05, 0.1) is 0 Å². The van der Waals surface area contributed by atoms with Crippen LogP contribution in [-0.2, 0) is 29.1 Å². The summed E-state index contributed by atoms with van der Waals surface area (Å²) in [5.41, 5.74) is 8.85. The van der Waals surface area contributed by atoms with Crippen LogP contribution in [0.3, 0.4) is 0 Å². The van der Waals surface area contributed by atoms with Crippen molar-refractivity contribution in [2.24, 2.45) is 17.4 Å². The van der Waals surface area contributed by atoms with Crippen LogP contribution in [0.5, 0.6) is 0 Å². The van der Waals surface area contributed by atoms with Gasteiger partial charge in [0.2, 0.25) is 15.6 Å². The highest BCUT2D eigenvalue weighted by Crippen LogP contribution is 2.50. The fourth-order valence-corrected chi connectivity index (χ4v) is 8.14. The minimum absolute atomic E-state index is 0.0250. The first kappa shape index (κ1) is 28.3. The second-order valence-corrected chi connectivity index (χ2v) is 12.9. The molecule has 0 aromatic heterocycles. The lowest BCUT2D eigenvalue weighted by Crippen LogP contribution is -2.68. The second-order valence-electron chi connectivity index (χ2n) is 10.9. The molecule has 212 valence electrons. The Bertz CT molecular complexity index is 1090. The number of fused-ring (bicyclic) bond motifs is 2. The first-order valence-electron chi connectivity index (χ1n) is 13.6. The second kappa shape index (κ2) is 11.2. The molecule has 2 aliphatic carbocycles. The van der Waals surface area contributed by atoms with Crippen molar-refractivity contribution in [2.45, 2.75) is 106 Å². The number of carbonyl (C=O) groups is 4. The molecule has 0 aromatic carbocycles. The van der Waals surface area contributed by atoms with Crippen molar-refractivity contribution in [3.8, 4) is 0 Å². The van der Waals surface area contributed by atoms with Gasteiger partial charge in [0, 0.05) is 18.5 Å². The maximum absolute atomic E-state index is 13.9. The van der Waals surface area contributed by atoms with Crippen molar-refractivity contribution in [2.75, 3.05) is 6.54 Å². The van der Waals surface area contributed by atoms with Crippen LogP contribution >= 0.6 is 0 Å². The number of primary amides is 2. The molecule has 0 aromatic rings. The molecule has 0 bridgehead atoms. The number of hydrogen-bond donors (Lipinski definition) is 4. The predicted molar refractivity (Wildman–Crippen MR) is 137 cm³/mol. The van der Waals surface area contributed by atoms with Gasteiger partial charge in [-0.2, -0.15) is 0 Å². The summed E-state index contributed by atoms with van der Waals surface area (Å²) < 4.78 is 35.4. The summed E-state index contributed by atoms with van der Waals surface area (Å²) >= 11 is 0. The largest absolute Gasteiger partial charge is 0.436 e. The van der Waals surface area contributed by atoms with E-state index >= 15 is 0 Å². The Kier molecular flexibility index (Phi) is 8.36. The smallest absolute Gasteiger partial charge is 0.405 e. The highest BCUT2D eigenvalue weighted by molar-refractivity contribution is 7.91. The molecule has 4 aliphatic rings. The lowest BCUT2D eigenvalue weighted by molar-refractivity contribution is -0.157. The minimum Gasteiger partial charge on any atom is -0.436 e. The fourth-order valence-electron chi connectivity index (χ4n) is 6.15. The number of allylic oxidation sites excluding steroid dienone is 1. The van der Waals surface area contributed by atoms with E-state index in [0.717, 1.165) is 49.8 Å². The van der Waals surface area contributed by atoms with Gasteiger partial charge in [-0.3, -0.25) is 14.4 Å². The Morgan fingerprint density at radius 3 is 2.39 bits per heavy atom. The molecule has 2 saturated carbocycles. The number of amides is 4. The van der Waals surface area contributed by atoms with Gasteiger partial charge in [0.1, 0.15) is 0 Å². The van der Waals surface area contributed by atoms with E-state index in [1.54, 1.807) is 0 Å². The molecular weight excluding hydrogens is 514 g/mol. The van der Waals surface area contributed by atoms with Crippen LogP contribution in [-0.4, -0.2) is 66.2 Å². The normalized spacial score (nSPS) is 33.3. The SMILES string of the molecule is NC(=O)OC1CCCCCC=CC2CC2(S(=O)(=O)NC2CCCCC2)NC(=O)C2(C(N)=O)CCCN2C1=O. The standard InChI is InChI=1S/C25H39N5O7S/c26-21(32)24-14-9-15-30(24)20(31)19(37-23(27)34)13-8-3-1-2-5-10-17-16-25(17,28-22(24)33)38(35,36)29-18-11-6-4-7-12-18/h5,10,17-19,29H,1-4,6-9,11-16H2,(H2,26,32)(H2,27,34)(H,28,33). The molecule has 1 saturated heterocycles. The monoisotopic (exact) mass is 553 g/mol. The average Bonchev–Trinajstić information content (AvgIpc) is 3.37. The summed E-state index contributed by atoms with van der Waals surface area (Å²) in [4.78, 5) is 51.3. The van der Waals surface area contributed by atoms with Gasteiger partial charge in [0.15, 0.2) is 11.0 Å². The number of nitrogens with one attached hydrogen (secondary N) is 2. The van der Waals surface area contributed by atoms with E-state index in [1.165, 1.54) is 0 Å². The summed E-state index contributed by atoms with van der Waals surface area (Å²) in [5.74, 6) is -3.23. The zero-order valence-corrected chi connectivity index (χ0v) is 22.5. The van der Waals surface area contributed by atoms with Crippen LogP contribution in [0.4, 0.5) is 4.79 Å². The zero-order valence-electron chi connectivity index (χ0n) is 21.7. The Morgan fingerprint density at radius 1 is 1.03 bits per heavy atom. The van der Waals surface area contributed by atoms with Crippen LogP contribution in [0.1, 0.15) is 83.5 Å². The molecule has 4 rings (SSSR count). The molecule has 13 heteroatoms. The molecular formula is C25H39N5O7S. The lowest BCUT2D eigenvalue weighted by atomic mass is 9.92. The van der Waals surface area contributed by atoms with Crippen LogP contribution in [0.25, 0.3) is 0 Å². The third kappa shape index (κ3) is 5.40. The van der Waals surface area contributed by atoms with Crippen molar-refractivity contribution in [1.82, 2.24) is 14.9 Å². The summed E-state index contributed by atoms with van der Waals surface area (Å²) in [7, 11) is -4.05. The zero-order chi connectivity index (χ0) is 27.6. The summed E-state index contributed by atoms with van der Waals surface area (Å²) in [6.07, 6.45) is 8.91. The highest BCUT2D eigenvalue weighted by Gasteiger charge is 2.67. The molecule has 2 aliphatic heterocycles. The lowest BCUT2D eigenvalue weighted by Gasteiger charge is -2.37. The molecule has 6 N–H and O–H groups in total. The molecule has 12 nitrogen and oxygen atoms in total. The number of nitrogens with zero attached hydrogens (tertiary/aromatic N) is 1. The molecule has 4 unspecified atom stereocenters. The average molecular weight is 554 g/mol. The fraction of sp³-hybridized carbons (Fsp3) is 0.760. The van der Waals surface area contributed by atoms with Gasteiger partial charge >= 0.3 is 6.09 Å². The molecule has 2 heterocycles. The number of carbonyl (C=O) groups excluding carboxylic acids is 4. The number of nitrogens with two attached hydrogens (primary N) is 2. The van der Waals surface area contributed by atoms with Crippen LogP contribution in [0, 0.1) is 5.92 Å². The van der Waals surface area contributed by atoms with Crippen molar-refractivity contribution in [1.29, 1.82) is 0 Å². The van der Waals surface area contributed by atoms with Gasteiger partial charge < -0.3 is 26.4 Å². The van der Waals surface area contributed by atoms with Crippen molar-refractivity contribution in [3.63, 3.8) is 0 Å². The van der Waals surface area contributed by atoms with Crippen molar-refractivity contribution in [3.05, 3.63) is 12.2 Å². The highest BCUT2D eigenvalue weighted by atomic mass is 32.2. The first-order valence-corrected chi connectivity index (χ1v) is 15.1. The maximum atomic E-state index is 13.9. The molecule has 4 atom stereocenters. The van der Waals surface area contributed by atoms with E-state index in [4.69, 9.17) is 16.2 Å². The van der Waals surface area contributed by atoms with E-state index in [0.29, 0.717) is 12.8 Å². The minimum atomic E-state index is -4.05. The first-order chi connectivity index (χ1) is 18.0. The Balaban J connectivity index is 1.70. The quantitative estimate of drug-likeness (QED) is 0.287. The van der Waals surface area contributed by atoms with Gasteiger partial charge in [-0.1, -0.05) is 37.8 Å². The van der Waals surface area contributed by atoms with Crippen LogP contribution < -0.4 is 21.5 Å². The van der Waals surface area contributed by atoms with E-state index in [2.05, 4.69) is 10.0 Å². The third-order valence-corrected chi connectivity index (χ3v) is 10.5. The topological polar surface area (TPSA) is 191 Å². The van der Waals surface area contributed by atoms with Crippen molar-refractivity contribution < 1.29 is 32.3 Å². The number of sulfonamides is 1. The van der Waals surface area contributed by atoms with Crippen LogP contribution in [0.15, 0.2) is 12.2 Å². The van der Waals surface area contributed by atoms with E-state index in [1.807, 2.05) is 12.2 Å². The van der Waals surface area contributed by atoms with Gasteiger partial charge in [-0.05, 0) is 57.8 Å². The Morgan fingerprint density at radius 2 is 1.71 bits per heavy atom. The molecule has 0 radical (unpaired) electrons. The number of ether oxygens (including phenoxy) is 1. The molecule has 38 heavy (non-hydrogen) atoms. The Hall–Kier alpha value is -2.67. The maximum Gasteiger partial charge on any atom is 0.405 e. The van der Waals surface area contributed by atoms with Crippen molar-refractivity contribution >= 4 is 33.8 Å².